The van der Waals surface area contributed by atoms with E-state index in [9.17, 15) is 14.9 Å². The Balaban J connectivity index is 2.99. The van der Waals surface area contributed by atoms with Crippen molar-refractivity contribution in [2.75, 3.05) is 12.4 Å². The van der Waals surface area contributed by atoms with E-state index in [0.717, 1.165) is 0 Å². The number of carbonyl (C=O) groups excluding carboxylic acids is 1. The van der Waals surface area contributed by atoms with Gasteiger partial charge in [-0.05, 0) is 22.2 Å². The number of rotatable bonds is 6. The molecular weight excluding hydrogens is 252 g/mol. The number of hydrogen-bond acceptors (Lipinski definition) is 6. The van der Waals surface area contributed by atoms with Gasteiger partial charge in [0.15, 0.2) is 0 Å². The first-order valence-corrected chi connectivity index (χ1v) is 5.86. The van der Waals surface area contributed by atoms with Crippen molar-refractivity contribution in [1.29, 1.82) is 0 Å². The number of carbonyl (C=O) groups is 1. The Bertz CT molecular complexity index is 469. The summed E-state index contributed by atoms with van der Waals surface area (Å²) in [5.41, 5.74) is 0. The molecule has 0 saturated carbocycles. The van der Waals surface area contributed by atoms with E-state index in [2.05, 4.69) is 10.3 Å². The highest BCUT2D eigenvalue weighted by Crippen LogP contribution is 2.23. The van der Waals surface area contributed by atoms with Crippen LogP contribution < -0.4 is 5.32 Å². The fraction of sp³-hybridized carbons (Fsp3) is 0.636. The number of nitrogens with zero attached hydrogens (tertiary/aromatic N) is 3. The van der Waals surface area contributed by atoms with Crippen LogP contribution in [0.4, 0.5) is 11.6 Å². The van der Waals surface area contributed by atoms with Crippen molar-refractivity contribution in [3.05, 3.63) is 16.4 Å². The molecule has 1 aromatic heterocycles. The second-order valence-electron chi connectivity index (χ2n) is 4.63. The van der Waals surface area contributed by atoms with Gasteiger partial charge in [0.1, 0.15) is 6.04 Å². The van der Waals surface area contributed by atoms with Crippen LogP contribution in [0.15, 0.2) is 6.33 Å². The van der Waals surface area contributed by atoms with Crippen molar-refractivity contribution < 1.29 is 14.5 Å². The lowest BCUT2D eigenvalue weighted by Gasteiger charge is -2.18. The molecule has 1 heterocycles. The number of aryl methyl sites for hydroxylation is 1. The Morgan fingerprint density at radius 1 is 1.63 bits per heavy atom. The van der Waals surface area contributed by atoms with E-state index in [1.54, 1.807) is 7.05 Å². The summed E-state index contributed by atoms with van der Waals surface area (Å²) in [6.45, 7) is 3.91. The molecule has 1 unspecified atom stereocenters. The number of imidazole rings is 1. The maximum Gasteiger partial charge on any atom is 0.406 e. The van der Waals surface area contributed by atoms with Crippen LogP contribution in [0.3, 0.4) is 0 Å². The van der Waals surface area contributed by atoms with Crippen molar-refractivity contribution in [3.63, 3.8) is 0 Å². The zero-order valence-corrected chi connectivity index (χ0v) is 11.4. The molecule has 0 aromatic carbocycles. The highest BCUT2D eigenvalue weighted by Gasteiger charge is 2.27. The second kappa shape index (κ2) is 6.17. The third-order valence-electron chi connectivity index (χ3n) is 2.59. The molecule has 0 spiro atoms. The highest BCUT2D eigenvalue weighted by molar-refractivity contribution is 5.79. The fourth-order valence-corrected chi connectivity index (χ4v) is 1.71. The third kappa shape index (κ3) is 3.67. The van der Waals surface area contributed by atoms with Crippen LogP contribution in [-0.2, 0) is 16.6 Å². The molecule has 8 heteroatoms. The highest BCUT2D eigenvalue weighted by atomic mass is 16.6. The summed E-state index contributed by atoms with van der Waals surface area (Å²) in [5, 5.41) is 13.7. The normalized spacial score (nSPS) is 12.3. The van der Waals surface area contributed by atoms with E-state index in [0.29, 0.717) is 6.42 Å². The topological polar surface area (TPSA) is 99.3 Å². The lowest BCUT2D eigenvalue weighted by atomic mass is 10.0. The quantitative estimate of drug-likeness (QED) is 0.475. The molecule has 0 aliphatic rings. The zero-order chi connectivity index (χ0) is 14.6. The van der Waals surface area contributed by atoms with Gasteiger partial charge < -0.3 is 20.2 Å². The summed E-state index contributed by atoms with van der Waals surface area (Å²) >= 11 is 0. The zero-order valence-electron chi connectivity index (χ0n) is 11.4. The van der Waals surface area contributed by atoms with E-state index >= 15 is 0 Å². The standard InChI is InChI=1S/C11H18N4O4/c1-7(2)5-8(11(16)19-4)13-10-9(15(17)18)12-6-14(10)3/h6-8,13H,5H2,1-4H3. The van der Waals surface area contributed by atoms with Crippen molar-refractivity contribution in [1.82, 2.24) is 9.55 Å². The lowest BCUT2D eigenvalue weighted by Crippen LogP contribution is -2.33. The summed E-state index contributed by atoms with van der Waals surface area (Å²) < 4.78 is 6.17. The monoisotopic (exact) mass is 270 g/mol. The van der Waals surface area contributed by atoms with E-state index in [1.807, 2.05) is 13.8 Å². The number of nitro groups is 1. The van der Waals surface area contributed by atoms with Crippen LogP contribution in [0.1, 0.15) is 20.3 Å². The van der Waals surface area contributed by atoms with E-state index in [4.69, 9.17) is 4.74 Å². The van der Waals surface area contributed by atoms with Crippen molar-refractivity contribution >= 4 is 17.6 Å². The second-order valence-corrected chi connectivity index (χ2v) is 4.63. The van der Waals surface area contributed by atoms with Gasteiger partial charge in [-0.1, -0.05) is 13.8 Å². The molecule has 1 N–H and O–H groups in total. The summed E-state index contributed by atoms with van der Waals surface area (Å²) in [7, 11) is 2.90. The van der Waals surface area contributed by atoms with Gasteiger partial charge in [0.05, 0.1) is 7.11 Å². The molecule has 0 aliphatic carbocycles. The van der Waals surface area contributed by atoms with Crippen molar-refractivity contribution in [3.8, 4) is 0 Å². The predicted octanol–water partition coefficient (Wildman–Crippen LogP) is 1.33. The Morgan fingerprint density at radius 2 is 2.26 bits per heavy atom. The number of nitrogens with one attached hydrogen (secondary N) is 1. The molecule has 1 atom stereocenters. The molecule has 0 radical (unpaired) electrons. The van der Waals surface area contributed by atoms with Crippen LogP contribution >= 0.6 is 0 Å². The minimum Gasteiger partial charge on any atom is -0.467 e. The first-order chi connectivity index (χ1) is 8.86. The maximum absolute atomic E-state index is 11.7. The Kier molecular flexibility index (Phi) is 4.85. The Morgan fingerprint density at radius 3 is 2.74 bits per heavy atom. The Hall–Kier alpha value is -2.12. The number of methoxy groups -OCH3 is 1. The van der Waals surface area contributed by atoms with Gasteiger partial charge >= 0.3 is 11.8 Å². The molecule has 0 bridgehead atoms. The molecule has 0 fully saturated rings. The third-order valence-corrected chi connectivity index (χ3v) is 2.59. The molecule has 0 aliphatic heterocycles. The molecule has 8 nitrogen and oxygen atoms in total. The van der Waals surface area contributed by atoms with Gasteiger partial charge in [0, 0.05) is 7.05 Å². The average Bonchev–Trinajstić information content (AvgIpc) is 2.68. The molecule has 1 aromatic rings. The van der Waals surface area contributed by atoms with Crippen LogP contribution in [-0.4, -0.2) is 33.6 Å². The number of ether oxygens (including phenoxy) is 1. The van der Waals surface area contributed by atoms with Gasteiger partial charge in [-0.15, -0.1) is 0 Å². The fourth-order valence-electron chi connectivity index (χ4n) is 1.71. The number of esters is 1. The smallest absolute Gasteiger partial charge is 0.406 e. The average molecular weight is 270 g/mol. The first-order valence-electron chi connectivity index (χ1n) is 5.86. The van der Waals surface area contributed by atoms with Crippen LogP contribution in [0, 0.1) is 16.0 Å². The molecule has 0 amide bonds. The maximum atomic E-state index is 11.7. The molecule has 19 heavy (non-hydrogen) atoms. The van der Waals surface area contributed by atoms with Gasteiger partial charge in [0.25, 0.3) is 0 Å². The summed E-state index contributed by atoms with van der Waals surface area (Å²) in [5.74, 6) is -0.325. The Labute approximate surface area is 110 Å². The van der Waals surface area contributed by atoms with Crippen molar-refractivity contribution in [2.45, 2.75) is 26.3 Å². The van der Waals surface area contributed by atoms with Gasteiger partial charge in [-0.3, -0.25) is 4.57 Å². The molecule has 1 rings (SSSR count). The summed E-state index contributed by atoms with van der Waals surface area (Å²) in [6, 6.07) is -0.640. The summed E-state index contributed by atoms with van der Waals surface area (Å²) in [6.07, 6.45) is 1.83. The number of anilines is 1. The summed E-state index contributed by atoms with van der Waals surface area (Å²) in [4.78, 5) is 25.6. The first kappa shape index (κ1) is 14.9. The lowest BCUT2D eigenvalue weighted by molar-refractivity contribution is -0.388. The largest absolute Gasteiger partial charge is 0.467 e. The van der Waals surface area contributed by atoms with Gasteiger partial charge in [-0.25, -0.2) is 4.79 Å². The molecule has 0 saturated heterocycles. The van der Waals surface area contributed by atoms with Crippen molar-refractivity contribution in [2.24, 2.45) is 13.0 Å². The van der Waals surface area contributed by atoms with E-state index in [1.165, 1.54) is 18.0 Å². The van der Waals surface area contributed by atoms with Crippen LogP contribution in [0.25, 0.3) is 0 Å². The van der Waals surface area contributed by atoms with Gasteiger partial charge in [0.2, 0.25) is 12.1 Å². The molecular formula is C11H18N4O4. The minimum atomic E-state index is -0.640. The number of hydrogen-bond donors (Lipinski definition) is 1. The van der Waals surface area contributed by atoms with Crippen LogP contribution in [0.2, 0.25) is 0 Å². The predicted molar refractivity (Wildman–Crippen MR) is 68.7 cm³/mol. The van der Waals surface area contributed by atoms with E-state index in [-0.39, 0.29) is 17.6 Å². The van der Waals surface area contributed by atoms with Gasteiger partial charge in [-0.2, -0.15) is 0 Å². The molecule has 106 valence electrons. The minimum absolute atomic E-state index is 0.195. The van der Waals surface area contributed by atoms with E-state index < -0.39 is 16.9 Å². The van der Waals surface area contributed by atoms with Crippen LogP contribution in [0.5, 0.6) is 0 Å². The number of aromatic nitrogens is 2. The SMILES string of the molecule is COC(=O)C(CC(C)C)Nc1c([N+](=O)[O-])ncn1C.